The summed E-state index contributed by atoms with van der Waals surface area (Å²) in [6.07, 6.45) is 4.26. The summed E-state index contributed by atoms with van der Waals surface area (Å²) in [4.78, 5) is 6.65. The SMILES string of the molecule is CC(C)N1CC2(CC(O)c3nccn32)C1. The van der Waals surface area contributed by atoms with Gasteiger partial charge in [0.25, 0.3) is 0 Å². The molecule has 0 aliphatic carbocycles. The number of nitrogens with zero attached hydrogens (tertiary/aromatic N) is 3. The summed E-state index contributed by atoms with van der Waals surface area (Å²) in [5, 5.41) is 9.89. The fraction of sp³-hybridized carbons (Fsp3) is 0.727. The second-order valence-corrected chi connectivity index (χ2v) is 5.10. The Morgan fingerprint density at radius 2 is 2.27 bits per heavy atom. The van der Waals surface area contributed by atoms with E-state index < -0.39 is 0 Å². The number of likely N-dealkylation sites (tertiary alicyclic amines) is 1. The van der Waals surface area contributed by atoms with Crippen molar-refractivity contribution in [1.29, 1.82) is 0 Å². The summed E-state index contributed by atoms with van der Waals surface area (Å²) in [6, 6.07) is 0.598. The number of aromatic nitrogens is 2. The van der Waals surface area contributed by atoms with E-state index in [4.69, 9.17) is 0 Å². The van der Waals surface area contributed by atoms with Crippen LogP contribution >= 0.6 is 0 Å². The minimum atomic E-state index is -0.366. The lowest BCUT2D eigenvalue weighted by atomic mass is 9.85. The molecular formula is C11H17N3O. The highest BCUT2D eigenvalue weighted by molar-refractivity contribution is 5.17. The maximum atomic E-state index is 9.89. The van der Waals surface area contributed by atoms with E-state index in [1.54, 1.807) is 6.20 Å². The highest BCUT2D eigenvalue weighted by Crippen LogP contribution is 2.44. The van der Waals surface area contributed by atoms with Gasteiger partial charge in [-0.25, -0.2) is 4.98 Å². The molecule has 2 aliphatic heterocycles. The summed E-state index contributed by atoms with van der Waals surface area (Å²) in [5.74, 6) is 0.846. The van der Waals surface area contributed by atoms with E-state index in [1.807, 2.05) is 6.20 Å². The van der Waals surface area contributed by atoms with E-state index in [0.29, 0.717) is 6.04 Å². The zero-order chi connectivity index (χ0) is 10.6. The van der Waals surface area contributed by atoms with Crippen molar-refractivity contribution < 1.29 is 5.11 Å². The molecule has 4 nitrogen and oxygen atoms in total. The summed E-state index contributed by atoms with van der Waals surface area (Å²) in [5.41, 5.74) is 0.134. The molecule has 15 heavy (non-hydrogen) atoms. The lowest BCUT2D eigenvalue weighted by Gasteiger charge is -2.51. The van der Waals surface area contributed by atoms with E-state index in [0.717, 1.165) is 25.3 Å². The third-order valence-corrected chi connectivity index (χ3v) is 3.78. The molecule has 4 heteroatoms. The second-order valence-electron chi connectivity index (χ2n) is 5.10. The number of hydrogen-bond acceptors (Lipinski definition) is 3. The average Bonchev–Trinajstić information content (AvgIpc) is 2.64. The van der Waals surface area contributed by atoms with Crippen LogP contribution in [0.2, 0.25) is 0 Å². The summed E-state index contributed by atoms with van der Waals surface area (Å²) < 4.78 is 2.18. The molecule has 1 saturated heterocycles. The van der Waals surface area contributed by atoms with Crippen molar-refractivity contribution in [3.05, 3.63) is 18.2 Å². The molecule has 82 valence electrons. The van der Waals surface area contributed by atoms with E-state index in [-0.39, 0.29) is 11.6 Å². The van der Waals surface area contributed by atoms with Crippen molar-refractivity contribution >= 4 is 0 Å². The van der Waals surface area contributed by atoms with Crippen LogP contribution in [0.25, 0.3) is 0 Å². The summed E-state index contributed by atoms with van der Waals surface area (Å²) in [7, 11) is 0. The molecule has 0 amide bonds. The monoisotopic (exact) mass is 207 g/mol. The Kier molecular flexibility index (Phi) is 1.77. The van der Waals surface area contributed by atoms with Crippen LogP contribution in [0, 0.1) is 0 Å². The van der Waals surface area contributed by atoms with Crippen LogP contribution in [-0.4, -0.2) is 38.7 Å². The molecular weight excluding hydrogens is 190 g/mol. The first-order valence-corrected chi connectivity index (χ1v) is 5.58. The molecule has 3 heterocycles. The Bertz CT molecular complexity index is 379. The van der Waals surface area contributed by atoms with Gasteiger partial charge in [-0.05, 0) is 13.8 Å². The van der Waals surface area contributed by atoms with Crippen molar-refractivity contribution in [2.24, 2.45) is 0 Å². The van der Waals surface area contributed by atoms with Crippen molar-refractivity contribution in [1.82, 2.24) is 14.5 Å². The van der Waals surface area contributed by atoms with Gasteiger partial charge in [-0.1, -0.05) is 0 Å². The number of rotatable bonds is 1. The lowest BCUT2D eigenvalue weighted by Crippen LogP contribution is -2.63. The van der Waals surface area contributed by atoms with Gasteiger partial charge in [-0.2, -0.15) is 0 Å². The van der Waals surface area contributed by atoms with Gasteiger partial charge in [0, 0.05) is 37.9 Å². The topological polar surface area (TPSA) is 41.3 Å². The molecule has 1 spiro atoms. The van der Waals surface area contributed by atoms with Crippen molar-refractivity contribution in [2.45, 2.75) is 38.0 Å². The molecule has 1 fully saturated rings. The van der Waals surface area contributed by atoms with Crippen LogP contribution in [0.15, 0.2) is 12.4 Å². The number of aliphatic hydroxyl groups is 1. The fourth-order valence-corrected chi connectivity index (χ4v) is 2.87. The molecule has 0 aromatic carbocycles. The van der Waals surface area contributed by atoms with E-state index in [2.05, 4.69) is 28.3 Å². The Labute approximate surface area is 89.5 Å². The molecule has 1 atom stereocenters. The molecule has 1 N–H and O–H groups in total. The Morgan fingerprint density at radius 3 is 2.93 bits per heavy atom. The van der Waals surface area contributed by atoms with Gasteiger partial charge in [-0.3, -0.25) is 4.90 Å². The minimum absolute atomic E-state index is 0.134. The second kappa shape index (κ2) is 2.83. The molecule has 0 radical (unpaired) electrons. The van der Waals surface area contributed by atoms with E-state index in [1.165, 1.54) is 0 Å². The van der Waals surface area contributed by atoms with Crippen LogP contribution < -0.4 is 0 Å². The standard InChI is InChI=1S/C11H17N3O/c1-8(2)13-6-11(7-13)5-9(15)10-12-3-4-14(10)11/h3-4,8-9,15H,5-7H2,1-2H3. The third-order valence-electron chi connectivity index (χ3n) is 3.78. The van der Waals surface area contributed by atoms with Gasteiger partial charge in [0.05, 0.1) is 5.54 Å². The van der Waals surface area contributed by atoms with Crippen LogP contribution in [0.4, 0.5) is 0 Å². The number of fused-ring (bicyclic) bond motifs is 2. The molecule has 0 saturated carbocycles. The van der Waals surface area contributed by atoms with Crippen molar-refractivity contribution in [2.75, 3.05) is 13.1 Å². The number of hydrogen-bond donors (Lipinski definition) is 1. The maximum absolute atomic E-state index is 9.89. The van der Waals surface area contributed by atoms with Crippen LogP contribution in [0.3, 0.4) is 0 Å². The zero-order valence-corrected chi connectivity index (χ0v) is 9.22. The Hall–Kier alpha value is -0.870. The molecule has 1 unspecified atom stereocenters. The van der Waals surface area contributed by atoms with Gasteiger partial charge in [-0.15, -0.1) is 0 Å². The van der Waals surface area contributed by atoms with Crippen molar-refractivity contribution in [3.63, 3.8) is 0 Å². The normalized spacial score (nSPS) is 28.4. The molecule has 3 rings (SSSR count). The highest BCUT2D eigenvalue weighted by Gasteiger charge is 2.52. The van der Waals surface area contributed by atoms with Crippen molar-refractivity contribution in [3.8, 4) is 0 Å². The van der Waals surface area contributed by atoms with Gasteiger partial charge in [0.1, 0.15) is 11.9 Å². The Morgan fingerprint density at radius 1 is 1.53 bits per heavy atom. The van der Waals surface area contributed by atoms with Gasteiger partial charge in [0.15, 0.2) is 0 Å². The van der Waals surface area contributed by atoms with Gasteiger partial charge < -0.3 is 9.67 Å². The highest BCUT2D eigenvalue weighted by atomic mass is 16.3. The van der Waals surface area contributed by atoms with Gasteiger partial charge in [0.2, 0.25) is 0 Å². The first-order chi connectivity index (χ1) is 7.12. The van der Waals surface area contributed by atoms with Gasteiger partial charge >= 0.3 is 0 Å². The molecule has 2 aliphatic rings. The van der Waals surface area contributed by atoms with Crippen LogP contribution in [0.1, 0.15) is 32.2 Å². The third kappa shape index (κ3) is 1.12. The molecule has 1 aromatic heterocycles. The first kappa shape index (κ1) is 9.36. The Balaban J connectivity index is 1.87. The number of aliphatic hydroxyl groups excluding tert-OH is 1. The molecule has 0 bridgehead atoms. The first-order valence-electron chi connectivity index (χ1n) is 5.58. The maximum Gasteiger partial charge on any atom is 0.138 e. The zero-order valence-electron chi connectivity index (χ0n) is 9.22. The largest absolute Gasteiger partial charge is 0.385 e. The van der Waals surface area contributed by atoms with Crippen LogP contribution in [-0.2, 0) is 5.54 Å². The average molecular weight is 207 g/mol. The van der Waals surface area contributed by atoms with E-state index >= 15 is 0 Å². The molecule has 1 aromatic rings. The lowest BCUT2D eigenvalue weighted by molar-refractivity contribution is -0.0191. The smallest absolute Gasteiger partial charge is 0.138 e. The summed E-state index contributed by atoms with van der Waals surface area (Å²) in [6.45, 7) is 6.52. The fourth-order valence-electron chi connectivity index (χ4n) is 2.87. The van der Waals surface area contributed by atoms with Crippen LogP contribution in [0.5, 0.6) is 0 Å². The predicted molar refractivity (Wildman–Crippen MR) is 56.5 cm³/mol. The number of imidazole rings is 1. The minimum Gasteiger partial charge on any atom is -0.385 e. The summed E-state index contributed by atoms with van der Waals surface area (Å²) >= 11 is 0. The predicted octanol–water partition coefficient (Wildman–Crippen LogP) is 0.740. The van der Waals surface area contributed by atoms with E-state index in [9.17, 15) is 5.11 Å². The quantitative estimate of drug-likeness (QED) is 0.738.